The van der Waals surface area contributed by atoms with Crippen LogP contribution in [0.2, 0.25) is 0 Å². The topological polar surface area (TPSA) is 349 Å². The Morgan fingerprint density at radius 2 is 0.676 bits per heavy atom. The highest BCUT2D eigenvalue weighted by Crippen LogP contribution is 2.26. The lowest BCUT2D eigenvalue weighted by atomic mass is 10.1. The summed E-state index contributed by atoms with van der Waals surface area (Å²) in [5.41, 5.74) is 10.7. The number of phenolic OH excluding ortho intramolecular Hbond substituents is 4. The molecule has 12 aromatic rings. The van der Waals surface area contributed by atoms with Crippen LogP contribution in [0.3, 0.4) is 0 Å². The molecule has 12 rings (SSSR count). The first-order chi connectivity index (χ1) is 48.5. The van der Waals surface area contributed by atoms with E-state index < -0.39 is 64.3 Å². The zero-order chi connectivity index (χ0) is 73.7. The second-order valence-electron chi connectivity index (χ2n) is 23.7. The molecule has 2 atom stereocenters. The number of aryl methyl sites for hydroxylation is 8. The molecule has 0 fully saturated rings. The zero-order valence-corrected chi connectivity index (χ0v) is 59.7. The Balaban J connectivity index is 0.000000158. The number of phenols is 4. The normalized spacial score (nSPS) is 11.8. The molecule has 0 saturated carbocycles. The highest BCUT2D eigenvalue weighted by molar-refractivity contribution is 7.92. The van der Waals surface area contributed by atoms with Gasteiger partial charge in [-0.2, -0.15) is 0 Å². The third-order valence-corrected chi connectivity index (χ3v) is 21.2. The smallest absolute Gasteiger partial charge is 0.254 e. The molecule has 102 heavy (non-hydrogen) atoms. The number of imidazole rings is 2. The van der Waals surface area contributed by atoms with Crippen LogP contribution < -0.4 is 0 Å². The summed E-state index contributed by atoms with van der Waals surface area (Å²) in [5, 5.41) is 54.1. The highest BCUT2D eigenvalue weighted by Gasteiger charge is 2.29. The fourth-order valence-corrected chi connectivity index (χ4v) is 14.4. The van der Waals surface area contributed by atoms with Crippen molar-refractivity contribution in [2.45, 2.75) is 76.0 Å². The Bertz CT molecular complexity index is 5030. The molecule has 2 unspecified atom stereocenters. The van der Waals surface area contributed by atoms with Crippen LogP contribution in [0.1, 0.15) is 85.9 Å². The van der Waals surface area contributed by atoms with Crippen molar-refractivity contribution in [2.24, 2.45) is 0 Å². The van der Waals surface area contributed by atoms with Crippen molar-refractivity contribution in [3.8, 4) is 45.7 Å². The van der Waals surface area contributed by atoms with Crippen molar-refractivity contribution >= 4 is 64.4 Å². The minimum Gasteiger partial charge on any atom is -0.508 e. The van der Waals surface area contributed by atoms with E-state index in [4.69, 9.17) is 0 Å². The van der Waals surface area contributed by atoms with Gasteiger partial charge in [0.05, 0.1) is 33.1 Å². The summed E-state index contributed by atoms with van der Waals surface area (Å²) in [6, 6.07) is 47.8. The zero-order valence-electron chi connectivity index (χ0n) is 56.4. The molecule has 4 aromatic heterocycles. The summed E-state index contributed by atoms with van der Waals surface area (Å²) in [5.74, 6) is -3.77. The highest BCUT2D eigenvalue weighted by atomic mass is 32.2. The first-order valence-electron chi connectivity index (χ1n) is 31.1. The lowest BCUT2D eigenvalue weighted by molar-refractivity contribution is 0.101. The van der Waals surface area contributed by atoms with Gasteiger partial charge in [-0.15, -0.1) is 20.4 Å². The molecule has 0 bridgehead atoms. The van der Waals surface area contributed by atoms with Gasteiger partial charge in [0.2, 0.25) is 35.1 Å². The number of hydrogen-bond donors (Lipinski definition) is 4. The number of aromatic hydroxyl groups is 4. The van der Waals surface area contributed by atoms with E-state index in [1.54, 1.807) is 116 Å². The Morgan fingerprint density at radius 3 is 1.08 bits per heavy atom. The van der Waals surface area contributed by atoms with E-state index in [0.29, 0.717) is 49.9 Å². The minimum atomic E-state index is -4.02. The molecule has 0 saturated heterocycles. The Hall–Kier alpha value is -11.5. The first-order valence-corrected chi connectivity index (χ1v) is 37.1. The fraction of sp³-hybridized carbons (Fsp3) is 0.162. The van der Waals surface area contributed by atoms with Crippen LogP contribution in [-0.4, -0.2) is 140 Å². The third-order valence-electron chi connectivity index (χ3n) is 15.7. The van der Waals surface area contributed by atoms with Gasteiger partial charge in [-0.3, -0.25) is 45.9 Å². The van der Waals surface area contributed by atoms with Gasteiger partial charge >= 0.3 is 0 Å². The van der Waals surface area contributed by atoms with Crippen LogP contribution >= 0.6 is 0 Å². The molecule has 0 aliphatic carbocycles. The standard InChI is InChI=1S/C19H18N2O4S.C19H18N2O3S.C18H17N3O4S.C18H17N3O3S/c1-13-3-7-16(8-4-13)21-10-9-20-19(21)26(24,25)12-18(23)15-6-5-14(2)17(22)11-15;1-13-3-7-16(8-4-13)21-10-9-20-19(21)25(24)12-18(23)15-6-5-14(2)17(22)11-15;1-12-3-7-15(8-4-12)21-11-19-20-18(21)26(24,25)10-17(23)14-6-5-13(2)16(22)9-14;1-12-3-7-15(8-4-12)21-11-19-20-18(21)25(24)10-17(23)14-6-5-13(2)16(22)9-14/h3-11,22H,12H2,1-2H3;3-11,22H,12H2,1-2H3;3-9,11,22H,10H2,1-2H3;3-9,11,22H,10H2,1-2H3. The molecule has 0 aliphatic heterocycles. The van der Waals surface area contributed by atoms with Crippen LogP contribution in [0.4, 0.5) is 0 Å². The number of carbonyl (C=O) groups excluding carboxylic acids is 4. The summed E-state index contributed by atoms with van der Waals surface area (Å²) < 4.78 is 82.2. The van der Waals surface area contributed by atoms with E-state index in [-0.39, 0.29) is 72.7 Å². The van der Waals surface area contributed by atoms with Gasteiger partial charge in [-0.25, -0.2) is 26.8 Å². The van der Waals surface area contributed by atoms with Gasteiger partial charge in [0.25, 0.3) is 5.16 Å². The predicted octanol–water partition coefficient (Wildman–Crippen LogP) is 10.9. The lowest BCUT2D eigenvalue weighted by Crippen LogP contribution is -2.20. The van der Waals surface area contributed by atoms with Crippen molar-refractivity contribution in [3.05, 3.63) is 274 Å². The molecular formula is C74H70N10O14S4. The number of benzene rings is 8. The van der Waals surface area contributed by atoms with E-state index in [1.165, 1.54) is 64.4 Å². The number of sulfone groups is 2. The van der Waals surface area contributed by atoms with E-state index in [2.05, 4.69) is 30.4 Å². The summed E-state index contributed by atoms with van der Waals surface area (Å²) >= 11 is 0. The minimum absolute atomic E-state index is 0.0412. The summed E-state index contributed by atoms with van der Waals surface area (Å²) in [4.78, 5) is 57.6. The Morgan fingerprint density at radius 1 is 0.363 bits per heavy atom. The lowest BCUT2D eigenvalue weighted by Gasteiger charge is -2.09. The second kappa shape index (κ2) is 32.7. The van der Waals surface area contributed by atoms with E-state index >= 15 is 0 Å². The first kappa shape index (κ1) is 74.8. The maximum Gasteiger partial charge on any atom is 0.254 e. The maximum absolute atomic E-state index is 12.7. The summed E-state index contributed by atoms with van der Waals surface area (Å²) in [6.45, 7) is 14.7. The molecule has 24 nitrogen and oxygen atoms in total. The number of carbonyl (C=O) groups is 4. The van der Waals surface area contributed by atoms with Crippen molar-refractivity contribution in [2.75, 3.05) is 23.0 Å². The summed E-state index contributed by atoms with van der Waals surface area (Å²) in [7, 11) is -11.2. The van der Waals surface area contributed by atoms with Crippen molar-refractivity contribution in [1.82, 2.24) is 48.6 Å². The van der Waals surface area contributed by atoms with Gasteiger partial charge in [0.1, 0.15) is 47.2 Å². The predicted molar refractivity (Wildman–Crippen MR) is 384 cm³/mol. The molecule has 0 radical (unpaired) electrons. The number of nitrogens with zero attached hydrogens (tertiary/aromatic N) is 10. The van der Waals surface area contributed by atoms with Crippen molar-refractivity contribution in [3.63, 3.8) is 0 Å². The quantitative estimate of drug-likeness (QED) is 0.0515. The average molecular weight is 1450 g/mol. The van der Waals surface area contributed by atoms with Gasteiger partial charge in [0, 0.05) is 69.8 Å². The number of rotatable bonds is 20. The molecule has 8 aromatic carbocycles. The molecule has 0 aliphatic rings. The number of aromatic nitrogens is 10. The molecular weight excluding hydrogens is 1380 g/mol. The van der Waals surface area contributed by atoms with E-state index in [1.807, 2.05) is 100 Å². The average Bonchev–Trinajstić information content (AvgIpc) is 1.57. The summed E-state index contributed by atoms with van der Waals surface area (Å²) in [6.07, 6.45) is 8.98. The maximum atomic E-state index is 12.7. The van der Waals surface area contributed by atoms with Gasteiger partial charge in [0.15, 0.2) is 23.1 Å². The molecule has 0 spiro atoms. The van der Waals surface area contributed by atoms with E-state index in [9.17, 15) is 64.9 Å². The van der Waals surface area contributed by atoms with Crippen LogP contribution in [0.5, 0.6) is 23.0 Å². The monoisotopic (exact) mass is 1450 g/mol. The van der Waals surface area contributed by atoms with Gasteiger partial charge < -0.3 is 20.4 Å². The SMILES string of the molecule is Cc1ccc(-n2ccnc2S(=O)(=O)CC(=O)c2ccc(C)c(O)c2)cc1.Cc1ccc(-n2ccnc2S(=O)CC(=O)c2ccc(C)c(O)c2)cc1.Cc1ccc(-n2cnnc2S(=O)(=O)CC(=O)c2ccc(C)c(O)c2)cc1.Cc1ccc(-n2cnnc2S(=O)CC(=O)c2ccc(C)c(O)c2)cc1. The largest absolute Gasteiger partial charge is 0.508 e. The molecule has 4 N–H and O–H groups in total. The van der Waals surface area contributed by atoms with Crippen LogP contribution in [-0.2, 0) is 41.3 Å². The Labute approximate surface area is 593 Å². The van der Waals surface area contributed by atoms with Crippen LogP contribution in [0.25, 0.3) is 22.7 Å². The molecule has 0 amide bonds. The van der Waals surface area contributed by atoms with Crippen LogP contribution in [0, 0.1) is 55.4 Å². The van der Waals surface area contributed by atoms with Gasteiger partial charge in [-0.1, -0.05) is 119 Å². The number of ketones is 4. The molecule has 28 heteroatoms. The number of hydrogen-bond acceptors (Lipinski definition) is 20. The van der Waals surface area contributed by atoms with Crippen molar-refractivity contribution < 1.29 is 64.9 Å². The second-order valence-corrected chi connectivity index (χ2v) is 30.1. The Kier molecular flexibility index (Phi) is 24.0. The third kappa shape index (κ3) is 18.7. The van der Waals surface area contributed by atoms with Crippen molar-refractivity contribution in [1.29, 1.82) is 0 Å². The number of Topliss-reactive ketones (excluding diaryl/α,β-unsaturated/α-hetero) is 4. The van der Waals surface area contributed by atoms with Crippen LogP contribution in [0.15, 0.2) is 228 Å². The van der Waals surface area contributed by atoms with E-state index in [0.717, 1.165) is 33.6 Å². The molecule has 4 heterocycles. The fourth-order valence-electron chi connectivity index (χ4n) is 9.67. The van der Waals surface area contributed by atoms with Gasteiger partial charge in [-0.05, 0) is 150 Å². The molecule has 524 valence electrons.